The highest BCUT2D eigenvalue weighted by Gasteiger charge is 2.34. The van der Waals surface area contributed by atoms with Gasteiger partial charge in [-0.15, -0.1) is 0 Å². The summed E-state index contributed by atoms with van der Waals surface area (Å²) in [7, 11) is 0. The van der Waals surface area contributed by atoms with Crippen LogP contribution in [0.5, 0.6) is 0 Å². The van der Waals surface area contributed by atoms with Crippen molar-refractivity contribution in [1.82, 2.24) is 5.32 Å². The first-order chi connectivity index (χ1) is 8.10. The Bertz CT molecular complexity index is 408. The minimum Gasteiger partial charge on any atom is -0.326 e. The molecule has 1 atom stereocenters. The van der Waals surface area contributed by atoms with Crippen LogP contribution in [0.4, 0.5) is 5.69 Å². The highest BCUT2D eigenvalue weighted by Crippen LogP contribution is 2.27. The average Bonchev–Trinajstić information content (AvgIpc) is 2.30. The number of hydrogen-bond donors (Lipinski definition) is 2. The summed E-state index contributed by atoms with van der Waals surface area (Å²) in [5, 5.41) is 6.31. The second kappa shape index (κ2) is 4.88. The van der Waals surface area contributed by atoms with Crippen molar-refractivity contribution in [3.63, 3.8) is 0 Å². The second-order valence-electron chi connectivity index (χ2n) is 5.16. The molecule has 17 heavy (non-hydrogen) atoms. The lowest BCUT2D eigenvalue weighted by Gasteiger charge is -2.32. The number of hydrogen-bond acceptors (Lipinski definition) is 2. The Morgan fingerprint density at radius 2 is 2.29 bits per heavy atom. The molecule has 0 saturated carbocycles. The van der Waals surface area contributed by atoms with Crippen molar-refractivity contribution in [3.05, 3.63) is 29.8 Å². The third-order valence-corrected chi connectivity index (χ3v) is 3.42. The largest absolute Gasteiger partial charge is 0.326 e. The Labute approximate surface area is 103 Å². The van der Waals surface area contributed by atoms with Gasteiger partial charge in [-0.3, -0.25) is 4.79 Å². The molecular weight excluding hydrogens is 212 g/mol. The average molecular weight is 232 g/mol. The van der Waals surface area contributed by atoms with Gasteiger partial charge >= 0.3 is 0 Å². The molecule has 3 nitrogen and oxygen atoms in total. The zero-order valence-electron chi connectivity index (χ0n) is 10.5. The maximum absolute atomic E-state index is 12.2. The van der Waals surface area contributed by atoms with Crippen molar-refractivity contribution in [2.24, 2.45) is 5.41 Å². The minimum atomic E-state index is -0.276. The fourth-order valence-corrected chi connectivity index (χ4v) is 2.25. The molecule has 0 bridgehead atoms. The third kappa shape index (κ3) is 2.86. The lowest BCUT2D eigenvalue weighted by molar-refractivity contribution is -0.125. The number of rotatable bonds is 2. The number of aryl methyl sites for hydroxylation is 1. The molecule has 1 aromatic rings. The highest BCUT2D eigenvalue weighted by atomic mass is 16.2. The van der Waals surface area contributed by atoms with Crippen LogP contribution in [0, 0.1) is 12.3 Å². The molecular formula is C14H20N2O. The number of carbonyl (C=O) groups is 1. The van der Waals surface area contributed by atoms with Gasteiger partial charge in [0, 0.05) is 12.2 Å². The van der Waals surface area contributed by atoms with Crippen molar-refractivity contribution < 1.29 is 4.79 Å². The number of amides is 1. The van der Waals surface area contributed by atoms with Crippen molar-refractivity contribution >= 4 is 11.6 Å². The van der Waals surface area contributed by atoms with E-state index in [1.165, 1.54) is 0 Å². The van der Waals surface area contributed by atoms with Crippen LogP contribution in [0.25, 0.3) is 0 Å². The van der Waals surface area contributed by atoms with Gasteiger partial charge in [0.1, 0.15) is 0 Å². The van der Waals surface area contributed by atoms with Crippen molar-refractivity contribution in [2.75, 3.05) is 18.4 Å². The fraction of sp³-hybridized carbons (Fsp3) is 0.500. The van der Waals surface area contributed by atoms with Crippen LogP contribution in [0.1, 0.15) is 25.3 Å². The van der Waals surface area contributed by atoms with Gasteiger partial charge in [0.15, 0.2) is 0 Å². The molecule has 0 spiro atoms. The Balaban J connectivity index is 2.05. The van der Waals surface area contributed by atoms with Gasteiger partial charge in [0.05, 0.1) is 5.41 Å². The minimum absolute atomic E-state index is 0.121. The molecule has 2 rings (SSSR count). The van der Waals surface area contributed by atoms with Gasteiger partial charge in [-0.1, -0.05) is 12.1 Å². The number of carbonyl (C=O) groups excluding carboxylic acids is 1. The summed E-state index contributed by atoms with van der Waals surface area (Å²) >= 11 is 0. The molecule has 1 aliphatic rings. The van der Waals surface area contributed by atoms with E-state index in [2.05, 4.69) is 10.6 Å². The first-order valence-corrected chi connectivity index (χ1v) is 6.19. The molecule has 0 aliphatic carbocycles. The normalized spacial score (nSPS) is 24.4. The summed E-state index contributed by atoms with van der Waals surface area (Å²) in [6.45, 7) is 5.85. The van der Waals surface area contributed by atoms with E-state index in [1.54, 1.807) is 0 Å². The first kappa shape index (κ1) is 12.1. The standard InChI is InChI=1S/C14H20N2O/c1-11-5-3-6-12(9-11)16-13(17)14(2)7-4-8-15-10-14/h3,5-6,9,15H,4,7-8,10H2,1-2H3,(H,16,17). The van der Waals surface area contributed by atoms with Crippen LogP contribution in [0.2, 0.25) is 0 Å². The van der Waals surface area contributed by atoms with Gasteiger partial charge in [-0.05, 0) is 50.9 Å². The fourth-order valence-electron chi connectivity index (χ4n) is 2.25. The van der Waals surface area contributed by atoms with Gasteiger partial charge in [-0.2, -0.15) is 0 Å². The van der Waals surface area contributed by atoms with Crippen LogP contribution >= 0.6 is 0 Å². The number of nitrogens with one attached hydrogen (secondary N) is 2. The molecule has 0 aromatic heterocycles. The Kier molecular flexibility index (Phi) is 3.48. The maximum Gasteiger partial charge on any atom is 0.231 e. The predicted octanol–water partition coefficient (Wildman–Crippen LogP) is 2.32. The molecule has 1 aromatic carbocycles. The predicted molar refractivity (Wildman–Crippen MR) is 70.0 cm³/mol. The summed E-state index contributed by atoms with van der Waals surface area (Å²) in [4.78, 5) is 12.2. The molecule has 1 fully saturated rings. The summed E-state index contributed by atoms with van der Waals surface area (Å²) in [6, 6.07) is 7.92. The molecule has 1 amide bonds. The first-order valence-electron chi connectivity index (χ1n) is 6.19. The monoisotopic (exact) mass is 232 g/mol. The zero-order valence-corrected chi connectivity index (χ0v) is 10.5. The van der Waals surface area contributed by atoms with Crippen molar-refractivity contribution in [1.29, 1.82) is 0 Å². The van der Waals surface area contributed by atoms with Gasteiger partial charge in [0.2, 0.25) is 5.91 Å². The van der Waals surface area contributed by atoms with E-state index in [-0.39, 0.29) is 11.3 Å². The van der Waals surface area contributed by atoms with Crippen LogP contribution in [-0.4, -0.2) is 19.0 Å². The van der Waals surface area contributed by atoms with E-state index < -0.39 is 0 Å². The summed E-state index contributed by atoms with van der Waals surface area (Å²) in [5.41, 5.74) is 1.78. The topological polar surface area (TPSA) is 41.1 Å². The molecule has 2 N–H and O–H groups in total. The molecule has 1 aliphatic heterocycles. The molecule has 0 radical (unpaired) electrons. The molecule has 92 valence electrons. The van der Waals surface area contributed by atoms with Crippen molar-refractivity contribution in [3.8, 4) is 0 Å². The Morgan fingerprint density at radius 1 is 1.47 bits per heavy atom. The highest BCUT2D eigenvalue weighted by molar-refractivity contribution is 5.95. The third-order valence-electron chi connectivity index (χ3n) is 3.42. The SMILES string of the molecule is Cc1cccc(NC(=O)C2(C)CCCNC2)c1. The number of benzene rings is 1. The van der Waals surface area contributed by atoms with Crippen LogP contribution in [-0.2, 0) is 4.79 Å². The Hall–Kier alpha value is -1.35. The van der Waals surface area contributed by atoms with Crippen LogP contribution in [0.3, 0.4) is 0 Å². The number of piperidine rings is 1. The van der Waals surface area contributed by atoms with E-state index in [0.29, 0.717) is 0 Å². The molecule has 1 heterocycles. The summed E-state index contributed by atoms with van der Waals surface area (Å²) in [6.07, 6.45) is 2.02. The molecule has 1 saturated heterocycles. The van der Waals surface area contributed by atoms with E-state index in [9.17, 15) is 4.79 Å². The lowest BCUT2D eigenvalue weighted by Crippen LogP contribution is -2.46. The van der Waals surface area contributed by atoms with E-state index >= 15 is 0 Å². The quantitative estimate of drug-likeness (QED) is 0.821. The van der Waals surface area contributed by atoms with E-state index in [1.807, 2.05) is 38.1 Å². The van der Waals surface area contributed by atoms with Gasteiger partial charge in [0.25, 0.3) is 0 Å². The van der Waals surface area contributed by atoms with E-state index in [0.717, 1.165) is 37.2 Å². The second-order valence-corrected chi connectivity index (χ2v) is 5.16. The zero-order chi connectivity index (χ0) is 12.3. The maximum atomic E-state index is 12.2. The Morgan fingerprint density at radius 3 is 2.94 bits per heavy atom. The molecule has 3 heteroatoms. The van der Waals surface area contributed by atoms with Crippen LogP contribution in [0.15, 0.2) is 24.3 Å². The van der Waals surface area contributed by atoms with E-state index in [4.69, 9.17) is 0 Å². The van der Waals surface area contributed by atoms with Crippen LogP contribution < -0.4 is 10.6 Å². The number of anilines is 1. The summed E-state index contributed by atoms with van der Waals surface area (Å²) in [5.74, 6) is 0.121. The lowest BCUT2D eigenvalue weighted by atomic mass is 9.82. The van der Waals surface area contributed by atoms with Gasteiger partial charge < -0.3 is 10.6 Å². The smallest absolute Gasteiger partial charge is 0.231 e. The molecule has 1 unspecified atom stereocenters. The summed E-state index contributed by atoms with van der Waals surface area (Å²) < 4.78 is 0. The van der Waals surface area contributed by atoms with Gasteiger partial charge in [-0.25, -0.2) is 0 Å². The van der Waals surface area contributed by atoms with Crippen molar-refractivity contribution in [2.45, 2.75) is 26.7 Å².